The summed E-state index contributed by atoms with van der Waals surface area (Å²) in [5.74, 6) is -0.230. The smallest absolute Gasteiger partial charge is 0.305 e. The van der Waals surface area contributed by atoms with Gasteiger partial charge < -0.3 is 19.8 Å². The average molecular weight is 537 g/mol. The van der Waals surface area contributed by atoms with Crippen molar-refractivity contribution in [2.24, 2.45) is 0 Å². The number of carbonyl (C=O) groups excluding carboxylic acids is 1. The summed E-state index contributed by atoms with van der Waals surface area (Å²) in [5.41, 5.74) is 17.9. The Hall–Kier alpha value is -3.97. The molecule has 2 aliphatic heterocycles. The second-order valence-electron chi connectivity index (χ2n) is 11.0. The standard InChI is InChI=1S/C33H36N4O3/c1-7-20-16(2)26-13-30-24(15-38)19(5)25(35-30)12-27-18(4)22(10-11-31(39)40-6)33(36-27)23-9-8-21-17(3)28(37-32(21)23)14-29(20)34-26/h12-14,34-35,38H,7-11,15H2,1-6H3. The molecule has 0 fully saturated rings. The van der Waals surface area contributed by atoms with Crippen LogP contribution in [0.25, 0.3) is 44.4 Å². The Morgan fingerprint density at radius 2 is 1.50 bits per heavy atom. The van der Waals surface area contributed by atoms with Crippen LogP contribution in [0.1, 0.15) is 90.6 Å². The van der Waals surface area contributed by atoms with Crippen molar-refractivity contribution in [2.45, 2.75) is 73.3 Å². The van der Waals surface area contributed by atoms with Crippen molar-refractivity contribution in [1.29, 1.82) is 0 Å². The van der Waals surface area contributed by atoms with Gasteiger partial charge in [0.2, 0.25) is 0 Å². The number of allylic oxidation sites excluding steroid dienone is 4. The summed E-state index contributed by atoms with van der Waals surface area (Å²) in [6, 6.07) is 6.35. The third-order valence-corrected chi connectivity index (χ3v) is 8.98. The number of aliphatic hydroxyl groups excluding tert-OH is 1. The maximum absolute atomic E-state index is 12.1. The van der Waals surface area contributed by atoms with Gasteiger partial charge in [0, 0.05) is 39.6 Å². The maximum atomic E-state index is 12.1. The SMILES string of the molecule is CCc1c(C)c2cc3[nH]c(cc4nc(c5c6nc(cc1[nH]2)C(C)=C6CC5)C(CCC(=O)OC)=C4C)c(C)c3CO. The van der Waals surface area contributed by atoms with Gasteiger partial charge in [-0.2, -0.15) is 0 Å². The Balaban J connectivity index is 1.75. The van der Waals surface area contributed by atoms with Crippen LogP contribution < -0.4 is 0 Å². The Morgan fingerprint density at radius 1 is 0.875 bits per heavy atom. The molecule has 7 heteroatoms. The summed E-state index contributed by atoms with van der Waals surface area (Å²) >= 11 is 0. The Morgan fingerprint density at radius 3 is 2.20 bits per heavy atom. The van der Waals surface area contributed by atoms with Crippen molar-refractivity contribution in [2.75, 3.05) is 7.11 Å². The van der Waals surface area contributed by atoms with Crippen molar-refractivity contribution in [3.05, 3.63) is 68.8 Å². The lowest BCUT2D eigenvalue weighted by molar-refractivity contribution is -0.140. The minimum Gasteiger partial charge on any atom is -0.469 e. The molecular formula is C33H36N4O3. The first kappa shape index (κ1) is 26.3. The van der Waals surface area contributed by atoms with Gasteiger partial charge in [-0.3, -0.25) is 4.79 Å². The molecule has 0 spiro atoms. The zero-order valence-corrected chi connectivity index (χ0v) is 24.1. The van der Waals surface area contributed by atoms with Gasteiger partial charge >= 0.3 is 5.97 Å². The normalized spacial score (nSPS) is 14.5. The minimum atomic E-state index is -0.230. The molecule has 0 saturated carbocycles. The molecule has 0 radical (unpaired) electrons. The number of methoxy groups -OCH3 is 1. The highest BCUT2D eigenvalue weighted by Crippen LogP contribution is 2.44. The molecule has 0 unspecified atom stereocenters. The first-order chi connectivity index (χ1) is 19.2. The number of hydrogen-bond acceptors (Lipinski definition) is 5. The number of fused-ring (bicyclic) bond motifs is 8. The molecule has 3 aromatic heterocycles. The second-order valence-corrected chi connectivity index (χ2v) is 11.0. The van der Waals surface area contributed by atoms with Crippen LogP contribution in [0.2, 0.25) is 0 Å². The predicted octanol–water partition coefficient (Wildman–Crippen LogP) is 6.75. The Bertz CT molecular complexity index is 1820. The molecule has 0 atom stereocenters. The highest BCUT2D eigenvalue weighted by Gasteiger charge is 2.30. The topological polar surface area (TPSA) is 104 Å². The number of nitrogens with zero attached hydrogens (tertiary/aromatic N) is 2. The molecule has 6 rings (SSSR count). The number of aromatic nitrogens is 4. The molecule has 0 aromatic carbocycles. The number of esters is 1. The number of aromatic amines is 2. The zero-order valence-electron chi connectivity index (χ0n) is 24.1. The van der Waals surface area contributed by atoms with Crippen molar-refractivity contribution in [1.82, 2.24) is 19.9 Å². The van der Waals surface area contributed by atoms with E-state index in [1.54, 1.807) is 0 Å². The van der Waals surface area contributed by atoms with E-state index in [9.17, 15) is 9.90 Å². The number of aryl methyl sites for hydroxylation is 3. The largest absolute Gasteiger partial charge is 0.469 e. The fourth-order valence-corrected chi connectivity index (χ4v) is 6.50. The Labute approximate surface area is 234 Å². The number of rotatable bonds is 5. The van der Waals surface area contributed by atoms with Crippen molar-refractivity contribution in [3.8, 4) is 0 Å². The minimum absolute atomic E-state index is 0.0652. The van der Waals surface area contributed by atoms with Gasteiger partial charge in [-0.05, 0) is 111 Å². The van der Waals surface area contributed by atoms with Crippen LogP contribution >= 0.6 is 0 Å². The number of hydrogen-bond donors (Lipinski definition) is 3. The first-order valence-corrected chi connectivity index (χ1v) is 14.1. The summed E-state index contributed by atoms with van der Waals surface area (Å²) in [7, 11) is 1.43. The molecule has 40 heavy (non-hydrogen) atoms. The quantitative estimate of drug-likeness (QED) is 0.313. The van der Waals surface area contributed by atoms with Crippen LogP contribution in [0, 0.1) is 13.8 Å². The van der Waals surface area contributed by atoms with Crippen molar-refractivity contribution < 1.29 is 14.6 Å². The number of carbonyl (C=O) groups is 1. The van der Waals surface area contributed by atoms with E-state index in [-0.39, 0.29) is 12.6 Å². The van der Waals surface area contributed by atoms with E-state index < -0.39 is 0 Å². The number of H-pyrrole nitrogens is 2. The van der Waals surface area contributed by atoms with Crippen LogP contribution in [0.3, 0.4) is 0 Å². The number of ether oxygens (including phenoxy) is 1. The van der Waals surface area contributed by atoms with Gasteiger partial charge in [0.05, 0.1) is 36.5 Å². The highest BCUT2D eigenvalue weighted by molar-refractivity contribution is 5.99. The first-order valence-electron chi connectivity index (χ1n) is 14.1. The monoisotopic (exact) mass is 536 g/mol. The van der Waals surface area contributed by atoms with Crippen LogP contribution in [-0.2, 0) is 29.0 Å². The summed E-state index contributed by atoms with van der Waals surface area (Å²) in [6.45, 7) is 10.5. The zero-order chi connectivity index (χ0) is 28.3. The molecule has 3 aliphatic rings. The summed E-state index contributed by atoms with van der Waals surface area (Å²) in [6.07, 6.45) is 3.56. The fourth-order valence-electron chi connectivity index (χ4n) is 6.50. The van der Waals surface area contributed by atoms with Gasteiger partial charge in [-0.25, -0.2) is 9.97 Å². The third-order valence-electron chi connectivity index (χ3n) is 8.98. The van der Waals surface area contributed by atoms with Gasteiger partial charge in [0.15, 0.2) is 0 Å². The van der Waals surface area contributed by atoms with Crippen LogP contribution in [0.5, 0.6) is 0 Å². The molecule has 1 aliphatic carbocycles. The lowest BCUT2D eigenvalue weighted by Gasteiger charge is -2.06. The molecule has 5 heterocycles. The van der Waals surface area contributed by atoms with Crippen LogP contribution in [0.15, 0.2) is 18.2 Å². The highest BCUT2D eigenvalue weighted by atomic mass is 16.5. The molecule has 3 N–H and O–H groups in total. The lowest BCUT2D eigenvalue weighted by atomic mass is 9.98. The number of nitrogens with one attached hydrogen (secondary N) is 2. The molecule has 0 amide bonds. The van der Waals surface area contributed by atoms with Gasteiger partial charge in [-0.15, -0.1) is 0 Å². The van der Waals surface area contributed by atoms with E-state index in [0.29, 0.717) is 12.8 Å². The molecule has 7 nitrogen and oxygen atoms in total. The van der Waals surface area contributed by atoms with Gasteiger partial charge in [-0.1, -0.05) is 6.92 Å². The number of aliphatic hydroxyl groups is 1. The molecule has 0 saturated heterocycles. The molecule has 8 bridgehead atoms. The van der Waals surface area contributed by atoms with Crippen molar-refractivity contribution >= 4 is 50.3 Å². The lowest BCUT2D eigenvalue weighted by Crippen LogP contribution is -2.01. The average Bonchev–Trinajstić information content (AvgIpc) is 3.70. The fraction of sp³-hybridized carbons (Fsp3) is 0.364. The van der Waals surface area contributed by atoms with E-state index in [2.05, 4.69) is 55.9 Å². The Kier molecular flexibility index (Phi) is 6.50. The van der Waals surface area contributed by atoms with Gasteiger partial charge in [0.25, 0.3) is 0 Å². The van der Waals surface area contributed by atoms with E-state index in [1.807, 2.05) is 6.92 Å². The van der Waals surface area contributed by atoms with Gasteiger partial charge in [0.1, 0.15) is 0 Å². The predicted molar refractivity (Wildman–Crippen MR) is 160 cm³/mol. The molecular weight excluding hydrogens is 500 g/mol. The maximum Gasteiger partial charge on any atom is 0.305 e. The molecule has 3 aromatic rings. The van der Waals surface area contributed by atoms with Crippen LogP contribution in [0.4, 0.5) is 0 Å². The summed E-state index contributed by atoms with van der Waals surface area (Å²) in [5, 5.41) is 10.3. The van der Waals surface area contributed by atoms with E-state index in [4.69, 9.17) is 14.7 Å². The molecule has 206 valence electrons. The van der Waals surface area contributed by atoms with E-state index in [1.165, 1.54) is 29.4 Å². The third kappa shape index (κ3) is 4.03. The van der Waals surface area contributed by atoms with E-state index in [0.717, 1.165) is 91.9 Å². The summed E-state index contributed by atoms with van der Waals surface area (Å²) in [4.78, 5) is 29.7. The van der Waals surface area contributed by atoms with Crippen LogP contribution in [-0.4, -0.2) is 38.1 Å². The second kappa shape index (κ2) is 9.89. The van der Waals surface area contributed by atoms with Crippen molar-refractivity contribution in [3.63, 3.8) is 0 Å². The summed E-state index contributed by atoms with van der Waals surface area (Å²) < 4.78 is 4.96. The van der Waals surface area contributed by atoms with E-state index >= 15 is 0 Å².